The van der Waals surface area contributed by atoms with Crippen molar-refractivity contribution in [2.45, 2.75) is 193 Å². The fourth-order valence-corrected chi connectivity index (χ4v) is 9.99. The standard InChI is InChI=1S/C45H75FN9O10P/c1-7-8-9-10-11-12-13-14-15-16-17-18-19-20-21-23-53(26-33-40(65-66(58,59)64-31(4)5)37(46)43(62-33)54-24-22-35(47)52-45(54)57)36(56)25-32-34(27-61-30(2)3)63-44(39(32)60-6)55-29-51-38-41(48)49-28-50-42(38)55/h22,24,28-34,37,39-40,43-44H,7-21,23,25-27H2,1-6H3,(H,58,59)(H2,47,52,57)(H2,48,49,50)/t32-,33-,34-,37-,39-,40-,43-,44-/m1/s1. The average molecular weight is 952 g/mol. The van der Waals surface area contributed by atoms with Gasteiger partial charge in [-0.1, -0.05) is 96.8 Å². The van der Waals surface area contributed by atoms with Gasteiger partial charge in [-0.15, -0.1) is 0 Å². The molecule has 0 radical (unpaired) electrons. The number of hydrogen-bond donors (Lipinski definition) is 3. The smallest absolute Gasteiger partial charge is 0.383 e. The molecule has 5 heterocycles. The van der Waals surface area contributed by atoms with Gasteiger partial charge in [-0.05, 0) is 40.2 Å². The number of unbranched alkanes of at least 4 members (excludes halogenated alkanes) is 14. The third-order valence-corrected chi connectivity index (χ3v) is 13.4. The number of ether oxygens (including phenoxy) is 4. The number of phosphoric ester groups is 1. The first-order chi connectivity index (χ1) is 31.6. The number of methoxy groups -OCH3 is 1. The van der Waals surface area contributed by atoms with Crippen LogP contribution in [0.25, 0.3) is 11.2 Å². The minimum absolute atomic E-state index is 0.0808. The molecule has 66 heavy (non-hydrogen) atoms. The van der Waals surface area contributed by atoms with E-state index in [4.69, 9.17) is 39.5 Å². The summed E-state index contributed by atoms with van der Waals surface area (Å²) in [6.07, 6.45) is 11.8. The lowest BCUT2D eigenvalue weighted by molar-refractivity contribution is -0.137. The first-order valence-corrected chi connectivity index (χ1v) is 25.5. The summed E-state index contributed by atoms with van der Waals surface area (Å²) in [6.45, 7) is 9.27. The van der Waals surface area contributed by atoms with E-state index in [0.717, 1.165) is 30.3 Å². The average Bonchev–Trinajstić information content (AvgIpc) is 3.93. The van der Waals surface area contributed by atoms with Crippen LogP contribution in [0.3, 0.4) is 0 Å². The molecule has 2 fully saturated rings. The van der Waals surface area contributed by atoms with Crippen LogP contribution in [0.1, 0.15) is 150 Å². The molecule has 2 saturated heterocycles. The fourth-order valence-electron chi connectivity index (χ4n) is 8.84. The van der Waals surface area contributed by atoms with Gasteiger partial charge in [-0.3, -0.25) is 23.0 Å². The highest BCUT2D eigenvalue weighted by Crippen LogP contribution is 2.50. The van der Waals surface area contributed by atoms with Crippen LogP contribution in [0.4, 0.5) is 16.0 Å². The van der Waals surface area contributed by atoms with Crippen LogP contribution in [0.5, 0.6) is 0 Å². The number of imidazole rings is 1. The summed E-state index contributed by atoms with van der Waals surface area (Å²) in [6, 6.07) is 1.31. The van der Waals surface area contributed by atoms with Gasteiger partial charge >= 0.3 is 13.5 Å². The fraction of sp³-hybridized carbons (Fsp3) is 0.778. The van der Waals surface area contributed by atoms with Crippen LogP contribution in [-0.4, -0.2) is 114 Å². The van der Waals surface area contributed by atoms with E-state index in [-0.39, 0.29) is 49.8 Å². The minimum Gasteiger partial charge on any atom is -0.383 e. The Morgan fingerprint density at radius 3 is 2.09 bits per heavy atom. The molecule has 2 aliphatic rings. The highest BCUT2D eigenvalue weighted by molar-refractivity contribution is 7.47. The molecule has 372 valence electrons. The predicted molar refractivity (Wildman–Crippen MR) is 248 cm³/mol. The van der Waals surface area contributed by atoms with Crippen LogP contribution >= 0.6 is 7.82 Å². The maximum Gasteiger partial charge on any atom is 0.472 e. The second-order valence-corrected chi connectivity index (χ2v) is 19.5. The summed E-state index contributed by atoms with van der Waals surface area (Å²) in [5, 5.41) is 0. The summed E-state index contributed by atoms with van der Waals surface area (Å²) in [5.74, 6) is -0.762. The molecule has 0 bridgehead atoms. The second kappa shape index (κ2) is 26.2. The Labute approximate surface area is 388 Å². The van der Waals surface area contributed by atoms with E-state index >= 15 is 4.39 Å². The summed E-state index contributed by atoms with van der Waals surface area (Å²) in [7, 11) is -3.32. The zero-order valence-corrected chi connectivity index (χ0v) is 40.6. The Hall–Kier alpha value is -3.62. The van der Waals surface area contributed by atoms with Gasteiger partial charge in [0, 0.05) is 38.7 Å². The first kappa shape index (κ1) is 53.3. The van der Waals surface area contributed by atoms with Crippen molar-refractivity contribution >= 4 is 36.5 Å². The number of phosphoric acid groups is 1. The highest BCUT2D eigenvalue weighted by Gasteiger charge is 2.52. The van der Waals surface area contributed by atoms with Gasteiger partial charge < -0.3 is 40.2 Å². The molecule has 0 saturated carbocycles. The van der Waals surface area contributed by atoms with Crippen molar-refractivity contribution in [1.29, 1.82) is 0 Å². The third kappa shape index (κ3) is 15.2. The van der Waals surface area contributed by atoms with E-state index in [0.29, 0.717) is 17.6 Å². The van der Waals surface area contributed by atoms with E-state index in [9.17, 15) is 19.0 Å². The van der Waals surface area contributed by atoms with Crippen LogP contribution in [0.15, 0.2) is 29.7 Å². The van der Waals surface area contributed by atoms with E-state index in [2.05, 4.69) is 26.9 Å². The highest BCUT2D eigenvalue weighted by atomic mass is 31.2. The Morgan fingerprint density at radius 2 is 1.50 bits per heavy atom. The van der Waals surface area contributed by atoms with Crippen LogP contribution in [0, 0.1) is 5.92 Å². The molecule has 3 aromatic rings. The normalized spacial score (nSPS) is 24.2. The zero-order chi connectivity index (χ0) is 47.8. The van der Waals surface area contributed by atoms with Crippen molar-refractivity contribution < 1.29 is 46.6 Å². The number of halogens is 1. The molecule has 5 N–H and O–H groups in total. The minimum atomic E-state index is -4.86. The van der Waals surface area contributed by atoms with E-state index < -0.39 is 68.6 Å². The lowest BCUT2D eigenvalue weighted by atomic mass is 9.93. The van der Waals surface area contributed by atoms with Crippen molar-refractivity contribution in [1.82, 2.24) is 34.0 Å². The van der Waals surface area contributed by atoms with Gasteiger partial charge in [0.2, 0.25) is 5.91 Å². The molecule has 5 rings (SSSR count). The van der Waals surface area contributed by atoms with E-state index in [1.54, 1.807) is 15.8 Å². The molecule has 1 amide bonds. The summed E-state index contributed by atoms with van der Waals surface area (Å²) >= 11 is 0. The molecular formula is C45H75FN9O10P. The van der Waals surface area contributed by atoms with Crippen molar-refractivity contribution in [2.24, 2.45) is 5.92 Å². The zero-order valence-electron chi connectivity index (χ0n) is 39.7. The van der Waals surface area contributed by atoms with Gasteiger partial charge in [0.15, 0.2) is 30.1 Å². The van der Waals surface area contributed by atoms with Crippen LogP contribution in [-0.2, 0) is 37.4 Å². The molecule has 21 heteroatoms. The molecule has 19 nitrogen and oxygen atoms in total. The number of anilines is 2. The Bertz CT molecular complexity index is 2040. The molecule has 0 aliphatic carbocycles. The number of carbonyl (C=O) groups excluding carboxylic acids is 1. The number of nitrogen functional groups attached to an aromatic ring is 2. The summed E-state index contributed by atoms with van der Waals surface area (Å²) in [4.78, 5) is 56.7. The molecular weight excluding hydrogens is 877 g/mol. The van der Waals surface area contributed by atoms with E-state index in [1.165, 1.54) is 104 Å². The number of alkyl halides is 1. The third-order valence-electron chi connectivity index (χ3n) is 12.2. The number of fused-ring (bicyclic) bond motifs is 1. The summed E-state index contributed by atoms with van der Waals surface area (Å²) < 4.78 is 68.0. The van der Waals surface area contributed by atoms with Crippen molar-refractivity contribution in [2.75, 3.05) is 38.3 Å². The number of aromatic nitrogens is 6. The number of nitrogens with zero attached hydrogens (tertiary/aromatic N) is 7. The number of rotatable bonds is 30. The molecule has 1 unspecified atom stereocenters. The van der Waals surface area contributed by atoms with E-state index in [1.807, 2.05) is 13.8 Å². The number of hydrogen-bond acceptors (Lipinski definition) is 15. The maximum atomic E-state index is 16.6. The predicted octanol–water partition coefficient (Wildman–Crippen LogP) is 7.44. The molecule has 0 aromatic carbocycles. The Balaban J connectivity index is 1.34. The van der Waals surface area contributed by atoms with Crippen LogP contribution < -0.4 is 17.2 Å². The van der Waals surface area contributed by atoms with Gasteiger partial charge in [0.05, 0.1) is 31.2 Å². The molecule has 0 spiro atoms. The van der Waals surface area contributed by atoms with Crippen molar-refractivity contribution in [3.63, 3.8) is 0 Å². The van der Waals surface area contributed by atoms with Gasteiger partial charge in [-0.2, -0.15) is 4.98 Å². The van der Waals surface area contributed by atoms with Gasteiger partial charge in [0.1, 0.15) is 36.0 Å². The molecule has 2 aliphatic heterocycles. The van der Waals surface area contributed by atoms with Crippen LogP contribution in [0.2, 0.25) is 0 Å². The number of carbonyl (C=O) groups is 1. The lowest BCUT2D eigenvalue weighted by Gasteiger charge is -2.31. The Morgan fingerprint density at radius 1 is 0.879 bits per heavy atom. The largest absolute Gasteiger partial charge is 0.472 e. The molecule has 3 aromatic heterocycles. The SMILES string of the molecule is CCCCCCCCCCCCCCCCCN(C[C@H]1O[C@@H](n2ccc(N)nc2=O)[C@H](F)[C@@H]1OP(=O)(O)OC(C)C)C(=O)C[C@H]1[C@@H](OC)[C@H](n2cnc3c(N)ncnc32)O[C@@H]1COC(C)C. The quantitative estimate of drug-likeness (QED) is 0.0434. The van der Waals surface area contributed by atoms with Crippen molar-refractivity contribution in [3.05, 3.63) is 35.4 Å². The lowest BCUT2D eigenvalue weighted by Crippen LogP contribution is -2.45. The summed E-state index contributed by atoms with van der Waals surface area (Å²) in [5.41, 5.74) is 11.7. The molecule has 9 atom stereocenters. The second-order valence-electron chi connectivity index (χ2n) is 18.1. The topological polar surface area (TPSA) is 244 Å². The Kier molecular flexibility index (Phi) is 21.2. The van der Waals surface area contributed by atoms with Gasteiger partial charge in [0.25, 0.3) is 0 Å². The number of nitrogens with two attached hydrogens (primary N) is 2. The monoisotopic (exact) mass is 952 g/mol. The number of amides is 1. The maximum absolute atomic E-state index is 16.6. The van der Waals surface area contributed by atoms with Crippen molar-refractivity contribution in [3.8, 4) is 0 Å². The first-order valence-electron chi connectivity index (χ1n) is 24.0. The van der Waals surface area contributed by atoms with Gasteiger partial charge in [-0.25, -0.2) is 28.7 Å².